The van der Waals surface area contributed by atoms with Crippen LogP contribution >= 0.6 is 11.6 Å². The summed E-state index contributed by atoms with van der Waals surface area (Å²) in [6, 6.07) is 24.8. The SMILES string of the molecule is COC(c1ccc2c(c1)c(-c1cccc(Cl)c1)cc(=O)n2C)c1cncn1Cc1ccc(C#N)cc1. The van der Waals surface area contributed by atoms with Crippen LogP contribution in [0.4, 0.5) is 0 Å². The molecule has 0 radical (unpaired) electrons. The van der Waals surface area contributed by atoms with Gasteiger partial charge >= 0.3 is 0 Å². The predicted octanol–water partition coefficient (Wildman–Crippen LogP) is 5.71. The van der Waals surface area contributed by atoms with Crippen molar-refractivity contribution in [2.24, 2.45) is 7.05 Å². The van der Waals surface area contributed by atoms with Crippen LogP contribution in [0.15, 0.2) is 90.1 Å². The minimum atomic E-state index is -0.375. The van der Waals surface area contributed by atoms with Gasteiger partial charge in [-0.3, -0.25) is 4.79 Å². The first kappa shape index (κ1) is 23.6. The second-order valence-corrected chi connectivity index (χ2v) is 9.05. The Morgan fingerprint density at radius 3 is 2.61 bits per heavy atom. The lowest BCUT2D eigenvalue weighted by atomic mass is 9.97. The molecule has 0 fully saturated rings. The quantitative estimate of drug-likeness (QED) is 0.303. The third-order valence-corrected chi connectivity index (χ3v) is 6.63. The highest BCUT2D eigenvalue weighted by Crippen LogP contribution is 2.33. The summed E-state index contributed by atoms with van der Waals surface area (Å²) in [6.07, 6.45) is 3.21. The molecule has 7 heteroatoms. The van der Waals surface area contributed by atoms with Gasteiger partial charge in [0.1, 0.15) is 6.10 Å². The number of hydrogen-bond acceptors (Lipinski definition) is 4. The summed E-state index contributed by atoms with van der Waals surface area (Å²) >= 11 is 6.26. The number of hydrogen-bond donors (Lipinski definition) is 0. The first-order chi connectivity index (χ1) is 17.5. The van der Waals surface area contributed by atoms with Crippen LogP contribution in [0.3, 0.4) is 0 Å². The summed E-state index contributed by atoms with van der Waals surface area (Å²) in [5.41, 5.74) is 5.95. The molecule has 0 N–H and O–H groups in total. The number of pyridine rings is 1. The van der Waals surface area contributed by atoms with Crippen molar-refractivity contribution >= 4 is 22.5 Å². The Hall–Kier alpha value is -4.18. The van der Waals surface area contributed by atoms with E-state index in [1.54, 1.807) is 37.3 Å². The molecule has 0 saturated carbocycles. The fraction of sp³-hybridized carbons (Fsp3) is 0.138. The first-order valence-electron chi connectivity index (χ1n) is 11.4. The van der Waals surface area contributed by atoms with E-state index in [1.165, 1.54) is 0 Å². The van der Waals surface area contributed by atoms with Gasteiger partial charge in [-0.15, -0.1) is 0 Å². The number of fused-ring (bicyclic) bond motifs is 1. The number of benzene rings is 3. The number of methoxy groups -OCH3 is 1. The molecule has 5 aromatic rings. The van der Waals surface area contributed by atoms with Crippen molar-refractivity contribution in [2.45, 2.75) is 12.6 Å². The van der Waals surface area contributed by atoms with Gasteiger partial charge in [-0.25, -0.2) is 4.98 Å². The van der Waals surface area contributed by atoms with E-state index >= 15 is 0 Å². The Balaban J connectivity index is 1.59. The smallest absolute Gasteiger partial charge is 0.251 e. The van der Waals surface area contributed by atoms with Crippen molar-refractivity contribution in [1.82, 2.24) is 14.1 Å². The average molecular weight is 495 g/mol. The monoisotopic (exact) mass is 494 g/mol. The van der Waals surface area contributed by atoms with Crippen LogP contribution in [-0.4, -0.2) is 21.2 Å². The molecule has 0 amide bonds. The third-order valence-electron chi connectivity index (χ3n) is 6.39. The summed E-state index contributed by atoms with van der Waals surface area (Å²) in [5, 5.41) is 10.6. The second kappa shape index (κ2) is 9.82. The van der Waals surface area contributed by atoms with Gasteiger partial charge in [0.15, 0.2) is 0 Å². The van der Waals surface area contributed by atoms with Crippen LogP contribution in [0.25, 0.3) is 22.0 Å². The Labute approximate surface area is 213 Å². The van der Waals surface area contributed by atoms with Gasteiger partial charge in [-0.05, 0) is 58.7 Å². The Kier molecular flexibility index (Phi) is 6.43. The highest BCUT2D eigenvalue weighted by Gasteiger charge is 2.20. The van der Waals surface area contributed by atoms with E-state index in [1.807, 2.05) is 65.2 Å². The molecule has 0 saturated heterocycles. The van der Waals surface area contributed by atoms with Gasteiger partial charge in [0, 0.05) is 37.2 Å². The van der Waals surface area contributed by atoms with Gasteiger partial charge in [-0.2, -0.15) is 5.26 Å². The lowest BCUT2D eigenvalue weighted by molar-refractivity contribution is 0.130. The molecule has 0 bridgehead atoms. The summed E-state index contributed by atoms with van der Waals surface area (Å²) in [6.45, 7) is 0.594. The minimum Gasteiger partial charge on any atom is -0.370 e. The normalized spacial score (nSPS) is 11.9. The average Bonchev–Trinajstić information content (AvgIpc) is 3.34. The topological polar surface area (TPSA) is 72.8 Å². The Morgan fingerprint density at radius 1 is 1.08 bits per heavy atom. The third kappa shape index (κ3) is 4.42. The van der Waals surface area contributed by atoms with E-state index in [0.717, 1.165) is 38.9 Å². The van der Waals surface area contributed by atoms with E-state index in [-0.39, 0.29) is 11.7 Å². The molecule has 0 spiro atoms. The van der Waals surface area contributed by atoms with Crippen molar-refractivity contribution in [2.75, 3.05) is 7.11 Å². The second-order valence-electron chi connectivity index (χ2n) is 8.61. The Bertz CT molecular complexity index is 1660. The van der Waals surface area contributed by atoms with Gasteiger partial charge in [0.2, 0.25) is 0 Å². The van der Waals surface area contributed by atoms with Gasteiger partial charge in [0.05, 0.1) is 35.4 Å². The lowest BCUT2D eigenvalue weighted by Gasteiger charge is -2.20. The van der Waals surface area contributed by atoms with Crippen LogP contribution in [0.5, 0.6) is 0 Å². The van der Waals surface area contributed by atoms with E-state index in [0.29, 0.717) is 17.1 Å². The number of nitrogens with zero attached hydrogens (tertiary/aromatic N) is 4. The number of imidazole rings is 1. The van der Waals surface area contributed by atoms with Crippen molar-refractivity contribution in [1.29, 1.82) is 5.26 Å². The molecule has 178 valence electrons. The molecule has 0 aliphatic carbocycles. The number of nitriles is 1. The largest absolute Gasteiger partial charge is 0.370 e. The minimum absolute atomic E-state index is 0.0889. The van der Waals surface area contributed by atoms with Crippen molar-refractivity contribution in [3.05, 3.63) is 123 Å². The lowest BCUT2D eigenvalue weighted by Crippen LogP contribution is -2.17. The van der Waals surface area contributed by atoms with Gasteiger partial charge in [-0.1, -0.05) is 41.9 Å². The summed E-state index contributed by atoms with van der Waals surface area (Å²) in [5.74, 6) is 0. The zero-order chi connectivity index (χ0) is 25.2. The number of rotatable bonds is 6. The molecule has 2 heterocycles. The van der Waals surface area contributed by atoms with Crippen LogP contribution in [0.2, 0.25) is 5.02 Å². The molecule has 6 nitrogen and oxygen atoms in total. The number of aromatic nitrogens is 3. The molecule has 1 unspecified atom stereocenters. The van der Waals surface area contributed by atoms with E-state index in [4.69, 9.17) is 21.6 Å². The molecular formula is C29H23ClN4O2. The highest BCUT2D eigenvalue weighted by molar-refractivity contribution is 6.30. The zero-order valence-corrected chi connectivity index (χ0v) is 20.6. The highest BCUT2D eigenvalue weighted by atomic mass is 35.5. The first-order valence-corrected chi connectivity index (χ1v) is 11.8. The van der Waals surface area contributed by atoms with Crippen LogP contribution in [0, 0.1) is 11.3 Å². The van der Waals surface area contributed by atoms with Gasteiger partial charge in [0.25, 0.3) is 5.56 Å². The van der Waals surface area contributed by atoms with Gasteiger partial charge < -0.3 is 13.9 Å². The predicted molar refractivity (Wildman–Crippen MR) is 141 cm³/mol. The Morgan fingerprint density at radius 2 is 1.89 bits per heavy atom. The zero-order valence-electron chi connectivity index (χ0n) is 19.9. The molecule has 5 rings (SSSR count). The maximum absolute atomic E-state index is 12.7. The molecule has 1 atom stereocenters. The summed E-state index contributed by atoms with van der Waals surface area (Å²) in [4.78, 5) is 17.1. The summed E-state index contributed by atoms with van der Waals surface area (Å²) in [7, 11) is 3.44. The number of ether oxygens (including phenoxy) is 1. The fourth-order valence-corrected chi connectivity index (χ4v) is 4.72. The van der Waals surface area contributed by atoms with E-state index in [9.17, 15) is 4.79 Å². The molecule has 2 aromatic heterocycles. The number of aryl methyl sites for hydroxylation is 1. The van der Waals surface area contributed by atoms with Crippen LogP contribution in [0.1, 0.15) is 28.5 Å². The summed E-state index contributed by atoms with van der Waals surface area (Å²) < 4.78 is 9.65. The molecular weight excluding hydrogens is 472 g/mol. The molecule has 0 aliphatic rings. The van der Waals surface area contributed by atoms with Crippen molar-refractivity contribution < 1.29 is 4.74 Å². The van der Waals surface area contributed by atoms with Crippen molar-refractivity contribution in [3.8, 4) is 17.2 Å². The molecule has 3 aromatic carbocycles. The number of halogens is 1. The fourth-order valence-electron chi connectivity index (χ4n) is 4.53. The van der Waals surface area contributed by atoms with Crippen LogP contribution < -0.4 is 5.56 Å². The molecule has 0 aliphatic heterocycles. The molecule has 36 heavy (non-hydrogen) atoms. The van der Waals surface area contributed by atoms with E-state index < -0.39 is 0 Å². The van der Waals surface area contributed by atoms with Crippen molar-refractivity contribution in [3.63, 3.8) is 0 Å². The van der Waals surface area contributed by atoms with E-state index in [2.05, 4.69) is 17.1 Å². The maximum Gasteiger partial charge on any atom is 0.251 e. The standard InChI is InChI=1S/C29H23ClN4O2/c1-33-26-11-10-22(13-25(26)24(14-28(33)35)21-4-3-5-23(30)12-21)29(36-2)27-16-32-18-34(27)17-20-8-6-19(15-31)7-9-20/h3-14,16,18,29H,17H2,1-2H3. The van der Waals surface area contributed by atoms with Crippen LogP contribution in [-0.2, 0) is 18.3 Å². The maximum atomic E-state index is 12.7.